The molecular weight excluding hydrogens is 260 g/mol. The highest BCUT2D eigenvalue weighted by Crippen LogP contribution is 2.30. The first-order chi connectivity index (χ1) is 9.02. The molecule has 3 nitrogen and oxygen atoms in total. The van der Waals surface area contributed by atoms with E-state index in [2.05, 4.69) is 29.5 Å². The summed E-state index contributed by atoms with van der Waals surface area (Å²) in [5, 5.41) is 0.647. The van der Waals surface area contributed by atoms with Crippen molar-refractivity contribution >= 4 is 23.5 Å². The van der Waals surface area contributed by atoms with Gasteiger partial charge in [-0.25, -0.2) is 0 Å². The number of rotatable bonds is 3. The van der Waals surface area contributed by atoms with E-state index in [9.17, 15) is 0 Å². The van der Waals surface area contributed by atoms with E-state index < -0.39 is 0 Å². The molecule has 100 valence electrons. The normalized spacial score (nSPS) is 11.2. The van der Waals surface area contributed by atoms with Crippen LogP contribution < -0.4 is 4.74 Å². The van der Waals surface area contributed by atoms with Gasteiger partial charge < -0.3 is 9.30 Å². The lowest BCUT2D eigenvalue weighted by Gasteiger charge is -2.04. The highest BCUT2D eigenvalue weighted by molar-refractivity contribution is 6.30. The van der Waals surface area contributed by atoms with Crippen molar-refractivity contribution in [1.29, 1.82) is 0 Å². The molecule has 0 amide bonds. The van der Waals surface area contributed by atoms with E-state index in [1.807, 2.05) is 19.3 Å². The van der Waals surface area contributed by atoms with E-state index in [4.69, 9.17) is 16.3 Å². The lowest BCUT2D eigenvalue weighted by Crippen LogP contribution is -1.93. The average molecular weight is 277 g/mol. The zero-order chi connectivity index (χ0) is 14.0. The maximum atomic E-state index is 5.98. The van der Waals surface area contributed by atoms with Gasteiger partial charge in [-0.1, -0.05) is 11.6 Å². The number of aliphatic imine (C=N–C) groups is 1. The number of halogens is 1. The molecular formula is C15H17ClN2O. The SMILES string of the molecule is COc1ccc(Cl)cc1N=Cc1cc(C)n(C)c1C. The number of hydrogen-bond acceptors (Lipinski definition) is 2. The number of aryl methyl sites for hydroxylation is 1. The third kappa shape index (κ3) is 2.82. The lowest BCUT2D eigenvalue weighted by atomic mass is 10.2. The van der Waals surface area contributed by atoms with Crippen molar-refractivity contribution in [1.82, 2.24) is 4.57 Å². The predicted molar refractivity (Wildman–Crippen MR) is 80.1 cm³/mol. The Balaban J connectivity index is 2.37. The minimum Gasteiger partial charge on any atom is -0.494 e. The number of benzene rings is 1. The standard InChI is InChI=1S/C15H17ClN2O/c1-10-7-12(11(2)18(10)3)9-17-14-8-13(16)5-6-15(14)19-4/h5-9H,1-4H3. The molecule has 0 aliphatic carbocycles. The van der Waals surface area contributed by atoms with Crippen LogP contribution in [-0.4, -0.2) is 17.9 Å². The molecule has 0 radical (unpaired) electrons. The van der Waals surface area contributed by atoms with Gasteiger partial charge in [0, 0.05) is 35.2 Å². The highest BCUT2D eigenvalue weighted by atomic mass is 35.5. The van der Waals surface area contributed by atoms with Crippen LogP contribution in [0.15, 0.2) is 29.3 Å². The number of aromatic nitrogens is 1. The van der Waals surface area contributed by atoms with Gasteiger partial charge in [0.25, 0.3) is 0 Å². The summed E-state index contributed by atoms with van der Waals surface area (Å²) < 4.78 is 7.41. The number of nitrogens with zero attached hydrogens (tertiary/aromatic N) is 2. The molecule has 0 atom stereocenters. The van der Waals surface area contributed by atoms with Crippen LogP contribution in [0.4, 0.5) is 5.69 Å². The van der Waals surface area contributed by atoms with Crippen molar-refractivity contribution < 1.29 is 4.74 Å². The van der Waals surface area contributed by atoms with Crippen LogP contribution in [0.25, 0.3) is 0 Å². The summed E-state index contributed by atoms with van der Waals surface area (Å²) in [5.74, 6) is 0.714. The molecule has 1 aromatic heterocycles. The van der Waals surface area contributed by atoms with Gasteiger partial charge in [-0.05, 0) is 38.1 Å². The fraction of sp³-hybridized carbons (Fsp3) is 0.267. The lowest BCUT2D eigenvalue weighted by molar-refractivity contribution is 0.416. The van der Waals surface area contributed by atoms with E-state index in [0.29, 0.717) is 10.8 Å². The van der Waals surface area contributed by atoms with Crippen LogP contribution in [0.2, 0.25) is 5.02 Å². The predicted octanol–water partition coefficient (Wildman–Crippen LogP) is 4.05. The molecule has 1 aromatic carbocycles. The van der Waals surface area contributed by atoms with Crippen molar-refractivity contribution in [3.8, 4) is 5.75 Å². The minimum atomic E-state index is 0.647. The molecule has 2 aromatic rings. The topological polar surface area (TPSA) is 26.5 Å². The molecule has 0 fully saturated rings. The van der Waals surface area contributed by atoms with Gasteiger partial charge in [0.05, 0.1) is 7.11 Å². The van der Waals surface area contributed by atoms with Crippen molar-refractivity contribution in [3.63, 3.8) is 0 Å². The quantitative estimate of drug-likeness (QED) is 0.777. The Morgan fingerprint density at radius 2 is 2.00 bits per heavy atom. The van der Waals surface area contributed by atoms with E-state index in [1.54, 1.807) is 19.2 Å². The van der Waals surface area contributed by atoms with Crippen LogP contribution in [0, 0.1) is 13.8 Å². The van der Waals surface area contributed by atoms with E-state index in [1.165, 1.54) is 11.4 Å². The van der Waals surface area contributed by atoms with Gasteiger partial charge >= 0.3 is 0 Å². The average Bonchev–Trinajstić information content (AvgIpc) is 2.64. The monoisotopic (exact) mass is 276 g/mol. The smallest absolute Gasteiger partial charge is 0.144 e. The Hall–Kier alpha value is -1.74. The van der Waals surface area contributed by atoms with Crippen molar-refractivity contribution in [2.45, 2.75) is 13.8 Å². The second-order valence-electron chi connectivity index (χ2n) is 4.46. The van der Waals surface area contributed by atoms with Gasteiger partial charge in [0.1, 0.15) is 11.4 Å². The molecule has 2 rings (SSSR count). The van der Waals surface area contributed by atoms with Crippen LogP contribution in [0.5, 0.6) is 5.75 Å². The van der Waals surface area contributed by atoms with Gasteiger partial charge in [0.2, 0.25) is 0 Å². The Kier molecular flexibility index (Phi) is 3.96. The second kappa shape index (κ2) is 5.49. The van der Waals surface area contributed by atoms with Crippen molar-refractivity contribution in [3.05, 3.63) is 46.2 Å². The molecule has 0 bridgehead atoms. The van der Waals surface area contributed by atoms with Crippen LogP contribution in [0.3, 0.4) is 0 Å². The molecule has 1 heterocycles. The minimum absolute atomic E-state index is 0.647. The largest absolute Gasteiger partial charge is 0.494 e. The molecule has 0 N–H and O–H groups in total. The third-order valence-electron chi connectivity index (χ3n) is 3.30. The molecule has 4 heteroatoms. The summed E-state index contributed by atoms with van der Waals surface area (Å²) in [7, 11) is 3.67. The first kappa shape index (κ1) is 13.7. The fourth-order valence-corrected chi connectivity index (χ4v) is 2.08. The molecule has 0 saturated carbocycles. The van der Waals surface area contributed by atoms with Gasteiger partial charge in [-0.2, -0.15) is 0 Å². The Labute approximate surface area is 118 Å². The Morgan fingerprint density at radius 1 is 1.26 bits per heavy atom. The van der Waals surface area contributed by atoms with E-state index in [0.717, 1.165) is 11.3 Å². The van der Waals surface area contributed by atoms with Gasteiger partial charge in [-0.15, -0.1) is 0 Å². The van der Waals surface area contributed by atoms with Gasteiger partial charge in [-0.3, -0.25) is 4.99 Å². The second-order valence-corrected chi connectivity index (χ2v) is 4.90. The first-order valence-electron chi connectivity index (χ1n) is 6.03. The number of methoxy groups -OCH3 is 1. The van der Waals surface area contributed by atoms with Crippen LogP contribution >= 0.6 is 11.6 Å². The van der Waals surface area contributed by atoms with E-state index in [-0.39, 0.29) is 0 Å². The van der Waals surface area contributed by atoms with Crippen molar-refractivity contribution in [2.75, 3.05) is 7.11 Å². The summed E-state index contributed by atoms with van der Waals surface area (Å²) in [5.41, 5.74) is 4.22. The number of hydrogen-bond donors (Lipinski definition) is 0. The highest BCUT2D eigenvalue weighted by Gasteiger charge is 2.05. The molecule has 0 spiro atoms. The Bertz CT molecular complexity index is 629. The van der Waals surface area contributed by atoms with Crippen LogP contribution in [-0.2, 0) is 7.05 Å². The zero-order valence-corrected chi connectivity index (χ0v) is 12.3. The molecule has 0 aliphatic rings. The molecule has 0 saturated heterocycles. The van der Waals surface area contributed by atoms with E-state index >= 15 is 0 Å². The summed E-state index contributed by atoms with van der Waals surface area (Å²) in [6.07, 6.45) is 1.84. The Morgan fingerprint density at radius 3 is 2.58 bits per heavy atom. The summed E-state index contributed by atoms with van der Waals surface area (Å²) in [6, 6.07) is 7.51. The van der Waals surface area contributed by atoms with Crippen molar-refractivity contribution in [2.24, 2.45) is 12.0 Å². The molecule has 0 unspecified atom stereocenters. The fourth-order valence-electron chi connectivity index (χ4n) is 1.92. The maximum Gasteiger partial charge on any atom is 0.144 e. The third-order valence-corrected chi connectivity index (χ3v) is 3.53. The summed E-state index contributed by atoms with van der Waals surface area (Å²) in [6.45, 7) is 4.15. The molecule has 0 aliphatic heterocycles. The first-order valence-corrected chi connectivity index (χ1v) is 6.41. The maximum absolute atomic E-state index is 5.98. The van der Waals surface area contributed by atoms with Crippen LogP contribution in [0.1, 0.15) is 17.0 Å². The molecule has 19 heavy (non-hydrogen) atoms. The van der Waals surface area contributed by atoms with Gasteiger partial charge in [0.15, 0.2) is 0 Å². The summed E-state index contributed by atoms with van der Waals surface area (Å²) >= 11 is 5.98. The number of ether oxygens (including phenoxy) is 1. The summed E-state index contributed by atoms with van der Waals surface area (Å²) in [4.78, 5) is 4.48. The zero-order valence-electron chi connectivity index (χ0n) is 11.6.